The molecule has 0 saturated heterocycles. The largest absolute Gasteiger partial charge is 0.439 e. The van der Waals surface area contributed by atoms with Gasteiger partial charge in [0, 0.05) is 31.4 Å². The number of nitrogens with one attached hydrogen (secondary N) is 1. The average molecular weight is 333 g/mol. The fraction of sp³-hybridized carbons (Fsp3) is 0.100. The highest BCUT2D eigenvalue weighted by atomic mass is 19.1. The number of hydrogen-bond acceptors (Lipinski definition) is 4. The first kappa shape index (κ1) is 16.6. The number of benzene rings is 2. The molecule has 3 rings (SSSR count). The first-order valence-corrected chi connectivity index (χ1v) is 7.81. The van der Waals surface area contributed by atoms with E-state index in [-0.39, 0.29) is 5.82 Å². The van der Waals surface area contributed by atoms with Crippen LogP contribution < -0.4 is 10.1 Å². The fourth-order valence-electron chi connectivity index (χ4n) is 2.33. The summed E-state index contributed by atoms with van der Waals surface area (Å²) in [7, 11) is 0. The van der Waals surface area contributed by atoms with Gasteiger partial charge in [0.25, 0.3) is 0 Å². The van der Waals surface area contributed by atoms with Gasteiger partial charge in [0.2, 0.25) is 5.88 Å². The topological polar surface area (TPSA) is 57.9 Å². The molecule has 1 heterocycles. The normalized spacial score (nSPS) is 10.2. The Morgan fingerprint density at radius 1 is 1.00 bits per heavy atom. The lowest BCUT2D eigenvalue weighted by molar-refractivity contribution is 0.457. The van der Waals surface area contributed by atoms with Crippen LogP contribution in [-0.4, -0.2) is 4.98 Å². The Hall–Kier alpha value is -3.23. The average Bonchev–Trinajstić information content (AvgIpc) is 2.63. The van der Waals surface area contributed by atoms with Crippen LogP contribution in [-0.2, 0) is 13.1 Å². The van der Waals surface area contributed by atoms with Gasteiger partial charge in [-0.15, -0.1) is 0 Å². The Bertz CT molecular complexity index is 888. The van der Waals surface area contributed by atoms with Crippen molar-refractivity contribution in [2.45, 2.75) is 13.1 Å². The summed E-state index contributed by atoms with van der Waals surface area (Å²) >= 11 is 0. The molecule has 0 bridgehead atoms. The van der Waals surface area contributed by atoms with Gasteiger partial charge in [-0.25, -0.2) is 9.37 Å². The Morgan fingerprint density at radius 2 is 1.84 bits per heavy atom. The van der Waals surface area contributed by atoms with E-state index in [0.29, 0.717) is 30.3 Å². The van der Waals surface area contributed by atoms with Crippen LogP contribution in [0, 0.1) is 17.1 Å². The molecule has 2 aromatic carbocycles. The molecule has 0 unspecified atom stereocenters. The molecule has 0 amide bonds. The number of pyridine rings is 1. The summed E-state index contributed by atoms with van der Waals surface area (Å²) in [6.45, 7) is 1.31. The van der Waals surface area contributed by atoms with Crippen LogP contribution in [0.25, 0.3) is 0 Å². The SMILES string of the molecule is N#Cc1cccc(CNCc2ccc(Oc3cccc(F)c3)nc2)c1. The fourth-order valence-corrected chi connectivity index (χ4v) is 2.33. The second-order valence-corrected chi connectivity index (χ2v) is 5.48. The minimum Gasteiger partial charge on any atom is -0.439 e. The van der Waals surface area contributed by atoms with Gasteiger partial charge >= 0.3 is 0 Å². The molecule has 5 heteroatoms. The maximum atomic E-state index is 13.1. The van der Waals surface area contributed by atoms with Gasteiger partial charge < -0.3 is 10.1 Å². The second kappa shape index (κ2) is 8.04. The van der Waals surface area contributed by atoms with Crippen molar-refractivity contribution in [2.75, 3.05) is 0 Å². The minimum absolute atomic E-state index is 0.348. The van der Waals surface area contributed by atoms with E-state index in [4.69, 9.17) is 10.00 Å². The van der Waals surface area contributed by atoms with Crippen LogP contribution in [0.5, 0.6) is 11.6 Å². The van der Waals surface area contributed by atoms with Gasteiger partial charge in [0.15, 0.2) is 0 Å². The van der Waals surface area contributed by atoms with Gasteiger partial charge in [0.1, 0.15) is 11.6 Å². The van der Waals surface area contributed by atoms with Gasteiger partial charge in [-0.1, -0.05) is 24.3 Å². The molecule has 0 saturated carbocycles. The first-order valence-electron chi connectivity index (χ1n) is 7.81. The molecule has 0 radical (unpaired) electrons. The Balaban J connectivity index is 1.53. The van der Waals surface area contributed by atoms with E-state index in [1.165, 1.54) is 12.1 Å². The highest BCUT2D eigenvalue weighted by molar-refractivity contribution is 5.33. The third-order valence-electron chi connectivity index (χ3n) is 3.53. The molecule has 1 N–H and O–H groups in total. The van der Waals surface area contributed by atoms with E-state index in [2.05, 4.69) is 16.4 Å². The second-order valence-electron chi connectivity index (χ2n) is 5.48. The molecule has 0 aliphatic carbocycles. The van der Waals surface area contributed by atoms with E-state index in [0.717, 1.165) is 11.1 Å². The lowest BCUT2D eigenvalue weighted by Crippen LogP contribution is -2.12. The smallest absolute Gasteiger partial charge is 0.219 e. The quantitative estimate of drug-likeness (QED) is 0.735. The molecule has 1 aromatic heterocycles. The van der Waals surface area contributed by atoms with Crippen molar-refractivity contribution in [3.05, 3.63) is 89.4 Å². The summed E-state index contributed by atoms with van der Waals surface area (Å²) < 4.78 is 18.6. The zero-order valence-electron chi connectivity index (χ0n) is 13.4. The summed E-state index contributed by atoms with van der Waals surface area (Å²) in [5.41, 5.74) is 2.71. The highest BCUT2D eigenvalue weighted by Gasteiger charge is 2.01. The number of rotatable bonds is 6. The zero-order chi connectivity index (χ0) is 17.5. The predicted octanol–water partition coefficient (Wildman–Crippen LogP) is 4.17. The van der Waals surface area contributed by atoms with Crippen molar-refractivity contribution >= 4 is 0 Å². The Kier molecular flexibility index (Phi) is 5.35. The van der Waals surface area contributed by atoms with Crippen LogP contribution in [0.4, 0.5) is 4.39 Å². The maximum absolute atomic E-state index is 13.1. The van der Waals surface area contributed by atoms with E-state index >= 15 is 0 Å². The number of nitrogens with zero attached hydrogens (tertiary/aromatic N) is 2. The van der Waals surface area contributed by atoms with E-state index < -0.39 is 0 Å². The van der Waals surface area contributed by atoms with Crippen LogP contribution in [0.15, 0.2) is 66.9 Å². The van der Waals surface area contributed by atoms with E-state index in [1.54, 1.807) is 30.5 Å². The van der Waals surface area contributed by atoms with Gasteiger partial charge in [-0.05, 0) is 35.4 Å². The van der Waals surface area contributed by atoms with Crippen LogP contribution in [0.2, 0.25) is 0 Å². The Labute approximate surface area is 145 Å². The monoisotopic (exact) mass is 333 g/mol. The number of ether oxygens (including phenoxy) is 1. The predicted molar refractivity (Wildman–Crippen MR) is 92.4 cm³/mol. The summed E-state index contributed by atoms with van der Waals surface area (Å²) in [5.74, 6) is 0.477. The van der Waals surface area contributed by atoms with Gasteiger partial charge in [-0.2, -0.15) is 5.26 Å². The lowest BCUT2D eigenvalue weighted by atomic mass is 10.1. The lowest BCUT2D eigenvalue weighted by Gasteiger charge is -2.07. The van der Waals surface area contributed by atoms with E-state index in [1.807, 2.05) is 24.3 Å². The molecular formula is C20H16FN3O. The molecule has 0 aliphatic heterocycles. The number of aromatic nitrogens is 1. The van der Waals surface area contributed by atoms with Crippen LogP contribution >= 0.6 is 0 Å². The van der Waals surface area contributed by atoms with Crippen molar-refractivity contribution < 1.29 is 9.13 Å². The van der Waals surface area contributed by atoms with Gasteiger partial charge in [0.05, 0.1) is 11.6 Å². The van der Waals surface area contributed by atoms with Crippen molar-refractivity contribution in [3.8, 4) is 17.7 Å². The standard InChI is InChI=1S/C20H16FN3O/c21-18-5-2-6-19(10-18)25-20-8-7-17(14-24-20)13-23-12-16-4-1-3-15(9-16)11-22/h1-10,14,23H,12-13H2. The van der Waals surface area contributed by atoms with Crippen molar-refractivity contribution in [3.63, 3.8) is 0 Å². The van der Waals surface area contributed by atoms with Crippen LogP contribution in [0.3, 0.4) is 0 Å². The molecular weight excluding hydrogens is 317 g/mol. The summed E-state index contributed by atoms with van der Waals surface area (Å²) in [4.78, 5) is 4.23. The summed E-state index contributed by atoms with van der Waals surface area (Å²) in [5, 5.41) is 12.2. The first-order chi connectivity index (χ1) is 12.2. The zero-order valence-corrected chi connectivity index (χ0v) is 13.4. The number of nitriles is 1. The van der Waals surface area contributed by atoms with Crippen LogP contribution in [0.1, 0.15) is 16.7 Å². The van der Waals surface area contributed by atoms with E-state index in [9.17, 15) is 4.39 Å². The molecule has 124 valence electrons. The number of hydrogen-bond donors (Lipinski definition) is 1. The molecule has 0 atom stereocenters. The third-order valence-corrected chi connectivity index (χ3v) is 3.53. The van der Waals surface area contributed by atoms with Gasteiger partial charge in [-0.3, -0.25) is 0 Å². The molecule has 25 heavy (non-hydrogen) atoms. The molecule has 0 fully saturated rings. The Morgan fingerprint density at radius 3 is 2.60 bits per heavy atom. The maximum Gasteiger partial charge on any atom is 0.219 e. The highest BCUT2D eigenvalue weighted by Crippen LogP contribution is 2.20. The minimum atomic E-state index is -0.348. The molecule has 4 nitrogen and oxygen atoms in total. The molecule has 0 aliphatic rings. The summed E-state index contributed by atoms with van der Waals surface area (Å²) in [6, 6.07) is 19.2. The van der Waals surface area contributed by atoms with Crippen molar-refractivity contribution in [2.24, 2.45) is 0 Å². The van der Waals surface area contributed by atoms with Crippen molar-refractivity contribution in [1.82, 2.24) is 10.3 Å². The molecule has 0 spiro atoms. The number of halogens is 1. The summed E-state index contributed by atoms with van der Waals surface area (Å²) in [6.07, 6.45) is 1.72. The third kappa shape index (κ3) is 4.87. The van der Waals surface area contributed by atoms with Crippen molar-refractivity contribution in [1.29, 1.82) is 5.26 Å². The molecule has 3 aromatic rings.